The van der Waals surface area contributed by atoms with Crippen molar-refractivity contribution in [3.05, 3.63) is 40.5 Å². The Morgan fingerprint density at radius 1 is 1.29 bits per heavy atom. The number of benzene rings is 1. The lowest BCUT2D eigenvalue weighted by molar-refractivity contribution is 0.794. The van der Waals surface area contributed by atoms with Gasteiger partial charge in [0, 0.05) is 5.56 Å². The number of para-hydroxylation sites is 1. The van der Waals surface area contributed by atoms with Crippen molar-refractivity contribution >= 4 is 21.7 Å². The fourth-order valence-corrected chi connectivity index (χ4v) is 2.35. The van der Waals surface area contributed by atoms with Gasteiger partial charge in [-0.1, -0.05) is 31.5 Å². The van der Waals surface area contributed by atoms with E-state index in [1.165, 1.54) is 0 Å². The summed E-state index contributed by atoms with van der Waals surface area (Å²) in [4.78, 5) is 0. The normalized spacial score (nSPS) is 10.7. The molecule has 2 rings (SSSR count). The Morgan fingerprint density at radius 3 is 2.65 bits per heavy atom. The maximum Gasteiger partial charge on any atom is 0.133 e. The monoisotopic (exact) mass is 293 g/mol. The quantitative estimate of drug-likeness (QED) is 0.937. The van der Waals surface area contributed by atoms with Gasteiger partial charge >= 0.3 is 0 Å². The Kier molecular flexibility index (Phi) is 3.84. The van der Waals surface area contributed by atoms with Crippen LogP contribution < -0.4 is 5.73 Å². The number of anilines is 1. The molecule has 0 unspecified atom stereocenters. The van der Waals surface area contributed by atoms with Crippen molar-refractivity contribution in [2.75, 3.05) is 5.73 Å². The number of halogens is 1. The minimum Gasteiger partial charge on any atom is -0.383 e. The van der Waals surface area contributed by atoms with Gasteiger partial charge in [-0.2, -0.15) is 5.10 Å². The molecule has 0 atom stereocenters. The van der Waals surface area contributed by atoms with Gasteiger partial charge in [0.15, 0.2) is 0 Å². The van der Waals surface area contributed by atoms with Crippen molar-refractivity contribution in [1.29, 1.82) is 0 Å². The zero-order chi connectivity index (χ0) is 12.3. The van der Waals surface area contributed by atoms with Crippen molar-refractivity contribution in [3.63, 3.8) is 0 Å². The molecule has 0 aliphatic heterocycles. The fraction of sp³-hybridized carbons (Fsp3) is 0.308. The molecule has 0 bridgehead atoms. The highest BCUT2D eigenvalue weighted by Crippen LogP contribution is 2.26. The van der Waals surface area contributed by atoms with Crippen LogP contribution in [0.5, 0.6) is 0 Å². The smallest absolute Gasteiger partial charge is 0.133 e. The van der Waals surface area contributed by atoms with Crippen molar-refractivity contribution < 1.29 is 0 Å². The van der Waals surface area contributed by atoms with Gasteiger partial charge in [0.1, 0.15) is 10.4 Å². The number of aromatic nitrogens is 2. The number of unbranched alkanes of at least 4 members (excludes halogenated alkanes) is 1. The van der Waals surface area contributed by atoms with E-state index in [1.807, 2.05) is 30.3 Å². The average molecular weight is 294 g/mol. The zero-order valence-electron chi connectivity index (χ0n) is 9.86. The molecular formula is C13H16BrN3. The second-order valence-electron chi connectivity index (χ2n) is 4.01. The first-order valence-corrected chi connectivity index (χ1v) is 6.61. The summed E-state index contributed by atoms with van der Waals surface area (Å²) in [5.41, 5.74) is 8.25. The summed E-state index contributed by atoms with van der Waals surface area (Å²) in [6, 6.07) is 9.95. The van der Waals surface area contributed by atoms with Crippen LogP contribution in [0.4, 0.5) is 5.82 Å². The Morgan fingerprint density at radius 2 is 2.00 bits per heavy atom. The topological polar surface area (TPSA) is 43.8 Å². The second-order valence-corrected chi connectivity index (χ2v) is 4.76. The molecule has 0 saturated heterocycles. The summed E-state index contributed by atoms with van der Waals surface area (Å²) < 4.78 is 2.64. The summed E-state index contributed by atoms with van der Waals surface area (Å²) >= 11 is 3.48. The average Bonchev–Trinajstić information content (AvgIpc) is 2.64. The Balaban J connectivity index is 2.37. The Bertz CT molecular complexity index is 491. The van der Waals surface area contributed by atoms with Gasteiger partial charge in [-0.05, 0) is 40.9 Å². The van der Waals surface area contributed by atoms with Crippen LogP contribution in [0.15, 0.2) is 34.9 Å². The molecule has 2 N–H and O–H groups in total. The van der Waals surface area contributed by atoms with Crippen LogP contribution in [-0.4, -0.2) is 9.78 Å². The minimum absolute atomic E-state index is 0.733. The van der Waals surface area contributed by atoms with E-state index in [4.69, 9.17) is 5.73 Å². The van der Waals surface area contributed by atoms with Gasteiger partial charge in [0.25, 0.3) is 0 Å². The van der Waals surface area contributed by atoms with Crippen LogP contribution in [0.2, 0.25) is 0 Å². The van der Waals surface area contributed by atoms with Gasteiger partial charge in [0.05, 0.1) is 5.69 Å². The molecule has 0 saturated carbocycles. The molecule has 1 aromatic heterocycles. The highest BCUT2D eigenvalue weighted by atomic mass is 79.9. The number of nitrogen functional groups attached to an aromatic ring is 1. The summed E-state index contributed by atoms with van der Waals surface area (Å²) in [7, 11) is 0. The molecule has 0 amide bonds. The van der Waals surface area contributed by atoms with Crippen LogP contribution in [0.1, 0.15) is 25.3 Å². The summed E-state index contributed by atoms with van der Waals surface area (Å²) in [6.45, 7) is 2.17. The lowest BCUT2D eigenvalue weighted by atomic mass is 10.1. The van der Waals surface area contributed by atoms with E-state index in [0.717, 1.165) is 40.9 Å². The van der Waals surface area contributed by atoms with Crippen molar-refractivity contribution in [2.24, 2.45) is 0 Å². The van der Waals surface area contributed by atoms with E-state index in [0.29, 0.717) is 0 Å². The molecule has 1 aromatic carbocycles. The molecule has 0 aliphatic carbocycles. The SMILES string of the molecule is CCCCc1c(Br)nn(-c2ccccc2)c1N. The minimum atomic E-state index is 0.733. The molecule has 3 nitrogen and oxygen atoms in total. The molecule has 17 heavy (non-hydrogen) atoms. The van der Waals surface area contributed by atoms with Crippen LogP contribution in [-0.2, 0) is 6.42 Å². The Labute approximate surface area is 110 Å². The lowest BCUT2D eigenvalue weighted by Crippen LogP contribution is -2.02. The molecule has 2 aromatic rings. The molecule has 0 aliphatic rings. The van der Waals surface area contributed by atoms with Crippen molar-refractivity contribution in [3.8, 4) is 5.69 Å². The predicted molar refractivity (Wildman–Crippen MR) is 74.3 cm³/mol. The van der Waals surface area contributed by atoms with Gasteiger partial charge < -0.3 is 5.73 Å². The third-order valence-electron chi connectivity index (χ3n) is 2.76. The third-order valence-corrected chi connectivity index (χ3v) is 3.39. The summed E-state index contributed by atoms with van der Waals surface area (Å²) in [5.74, 6) is 0.733. The number of nitrogens with two attached hydrogens (primary N) is 1. The van der Waals surface area contributed by atoms with Crippen LogP contribution in [0.25, 0.3) is 5.69 Å². The maximum absolute atomic E-state index is 6.15. The maximum atomic E-state index is 6.15. The van der Waals surface area contributed by atoms with E-state index in [2.05, 4.69) is 28.0 Å². The molecule has 4 heteroatoms. The zero-order valence-corrected chi connectivity index (χ0v) is 11.4. The standard InChI is InChI=1S/C13H16BrN3/c1-2-3-9-11-12(14)16-17(13(11)15)10-7-5-4-6-8-10/h4-8H,2-3,9,15H2,1H3. The predicted octanol–water partition coefficient (Wildman–Crippen LogP) is 3.56. The fourth-order valence-electron chi connectivity index (χ4n) is 1.79. The van der Waals surface area contributed by atoms with Gasteiger partial charge in [-0.3, -0.25) is 0 Å². The van der Waals surface area contributed by atoms with E-state index < -0.39 is 0 Å². The summed E-state index contributed by atoms with van der Waals surface area (Å²) in [6.07, 6.45) is 3.25. The highest BCUT2D eigenvalue weighted by Gasteiger charge is 2.13. The van der Waals surface area contributed by atoms with E-state index in [1.54, 1.807) is 4.68 Å². The van der Waals surface area contributed by atoms with Crippen molar-refractivity contribution in [1.82, 2.24) is 9.78 Å². The lowest BCUT2D eigenvalue weighted by Gasteiger charge is -2.04. The number of nitrogens with zero attached hydrogens (tertiary/aromatic N) is 2. The molecular weight excluding hydrogens is 278 g/mol. The number of rotatable bonds is 4. The van der Waals surface area contributed by atoms with Crippen LogP contribution in [0, 0.1) is 0 Å². The molecule has 0 spiro atoms. The highest BCUT2D eigenvalue weighted by molar-refractivity contribution is 9.10. The number of hydrogen-bond donors (Lipinski definition) is 1. The molecule has 0 radical (unpaired) electrons. The van der Waals surface area contributed by atoms with Gasteiger partial charge in [-0.25, -0.2) is 4.68 Å². The van der Waals surface area contributed by atoms with E-state index in [9.17, 15) is 0 Å². The summed E-state index contributed by atoms with van der Waals surface area (Å²) in [5, 5.41) is 4.44. The first-order chi connectivity index (χ1) is 8.24. The first kappa shape index (κ1) is 12.2. The third kappa shape index (κ3) is 2.52. The molecule has 90 valence electrons. The Hall–Kier alpha value is -1.29. The number of hydrogen-bond acceptors (Lipinski definition) is 2. The van der Waals surface area contributed by atoms with E-state index in [-0.39, 0.29) is 0 Å². The van der Waals surface area contributed by atoms with E-state index >= 15 is 0 Å². The molecule has 1 heterocycles. The second kappa shape index (κ2) is 5.36. The van der Waals surface area contributed by atoms with Gasteiger partial charge in [-0.15, -0.1) is 0 Å². The largest absolute Gasteiger partial charge is 0.383 e. The first-order valence-electron chi connectivity index (χ1n) is 5.82. The van der Waals surface area contributed by atoms with Crippen molar-refractivity contribution in [2.45, 2.75) is 26.2 Å². The van der Waals surface area contributed by atoms with Crippen LogP contribution in [0.3, 0.4) is 0 Å². The van der Waals surface area contributed by atoms with Crippen LogP contribution >= 0.6 is 15.9 Å². The molecule has 0 fully saturated rings. The van der Waals surface area contributed by atoms with Gasteiger partial charge in [0.2, 0.25) is 0 Å².